The van der Waals surface area contributed by atoms with E-state index in [1.165, 1.54) is 5.56 Å². The Morgan fingerprint density at radius 3 is 2.72 bits per heavy atom. The van der Waals surface area contributed by atoms with Crippen LogP contribution in [0.1, 0.15) is 11.5 Å². The molecule has 4 rings (SSSR count). The smallest absolute Gasteiger partial charge is 0.237 e. The van der Waals surface area contributed by atoms with Gasteiger partial charge in [0.15, 0.2) is 0 Å². The van der Waals surface area contributed by atoms with Crippen LogP contribution in [0.5, 0.6) is 5.75 Å². The fourth-order valence-corrected chi connectivity index (χ4v) is 4.11. The van der Waals surface area contributed by atoms with E-state index in [2.05, 4.69) is 35.6 Å². The molecule has 0 aliphatic carbocycles. The number of benzene rings is 2. The lowest BCUT2D eigenvalue weighted by molar-refractivity contribution is -0.153. The first-order valence-electron chi connectivity index (χ1n) is 8.60. The Balaban J connectivity index is 1.58. The predicted molar refractivity (Wildman–Crippen MR) is 95.5 cm³/mol. The maximum Gasteiger partial charge on any atom is 0.237 e. The van der Waals surface area contributed by atoms with E-state index in [9.17, 15) is 9.90 Å². The average Bonchev–Trinajstić information content (AvgIpc) is 2.64. The van der Waals surface area contributed by atoms with Crippen LogP contribution in [0.15, 0.2) is 48.5 Å². The van der Waals surface area contributed by atoms with Gasteiger partial charge in [-0.1, -0.05) is 36.4 Å². The van der Waals surface area contributed by atoms with Crippen molar-refractivity contribution in [2.45, 2.75) is 18.0 Å². The molecule has 0 aromatic heterocycles. The highest BCUT2D eigenvalue weighted by Gasteiger charge is 2.52. The van der Waals surface area contributed by atoms with Crippen LogP contribution in [0.25, 0.3) is 11.1 Å². The van der Waals surface area contributed by atoms with Crippen molar-refractivity contribution < 1.29 is 14.6 Å². The number of methoxy groups -OCH3 is 1. The number of carbonyl (C=O) groups excluding carboxylic acids is 1. The molecule has 2 aromatic carbocycles. The van der Waals surface area contributed by atoms with Crippen LogP contribution >= 0.6 is 0 Å². The third-order valence-corrected chi connectivity index (χ3v) is 5.35. The molecule has 2 heterocycles. The SMILES string of the molecule is COc1cccc(-c2ccc([C@@H]3[C@H]4CNCC(=O)N4[C@H]3CO)cc2)c1. The van der Waals surface area contributed by atoms with Crippen molar-refractivity contribution in [1.29, 1.82) is 0 Å². The second-order valence-electron chi connectivity index (χ2n) is 6.63. The first-order chi connectivity index (χ1) is 12.2. The first-order valence-corrected chi connectivity index (χ1v) is 8.60. The van der Waals surface area contributed by atoms with E-state index in [0.717, 1.165) is 23.4 Å². The second-order valence-corrected chi connectivity index (χ2v) is 6.63. The number of nitrogens with one attached hydrogen (secondary N) is 1. The largest absolute Gasteiger partial charge is 0.497 e. The summed E-state index contributed by atoms with van der Waals surface area (Å²) >= 11 is 0. The highest BCUT2D eigenvalue weighted by molar-refractivity contribution is 5.81. The maximum absolute atomic E-state index is 12.0. The number of hydrogen-bond acceptors (Lipinski definition) is 4. The summed E-state index contributed by atoms with van der Waals surface area (Å²) in [5, 5.41) is 12.9. The Hall–Kier alpha value is -2.37. The molecule has 2 aromatic rings. The maximum atomic E-state index is 12.0. The van der Waals surface area contributed by atoms with Crippen LogP contribution in [0.2, 0.25) is 0 Å². The van der Waals surface area contributed by atoms with Gasteiger partial charge in [-0.05, 0) is 28.8 Å². The van der Waals surface area contributed by atoms with Crippen molar-refractivity contribution in [2.24, 2.45) is 0 Å². The zero-order chi connectivity index (χ0) is 17.4. The minimum absolute atomic E-state index is 0.00451. The minimum Gasteiger partial charge on any atom is -0.497 e. The van der Waals surface area contributed by atoms with Gasteiger partial charge < -0.3 is 20.1 Å². The number of carbonyl (C=O) groups is 1. The topological polar surface area (TPSA) is 61.8 Å². The average molecular weight is 338 g/mol. The Bertz CT molecular complexity index is 769. The van der Waals surface area contributed by atoms with Crippen LogP contribution in [-0.4, -0.2) is 54.8 Å². The van der Waals surface area contributed by atoms with Gasteiger partial charge in [-0.3, -0.25) is 4.79 Å². The number of hydrogen-bond donors (Lipinski definition) is 2. The van der Waals surface area contributed by atoms with Gasteiger partial charge in [0.25, 0.3) is 0 Å². The summed E-state index contributed by atoms with van der Waals surface area (Å²) < 4.78 is 5.29. The highest BCUT2D eigenvalue weighted by atomic mass is 16.5. The lowest BCUT2D eigenvalue weighted by Crippen LogP contribution is -2.72. The van der Waals surface area contributed by atoms with Crippen molar-refractivity contribution in [1.82, 2.24) is 10.2 Å². The standard InChI is InChI=1S/C20H22N2O3/c1-25-16-4-2-3-15(9-16)13-5-7-14(8-6-13)20-17-10-21-11-19(24)22(17)18(20)12-23/h2-9,17-18,20-21,23H,10-12H2,1H3/t17-,18+,20-/m1/s1. The number of piperazine rings is 1. The number of fused-ring (bicyclic) bond motifs is 1. The van der Waals surface area contributed by atoms with Crippen LogP contribution in [0, 0.1) is 0 Å². The summed E-state index contributed by atoms with van der Waals surface area (Å²) in [6.45, 7) is 1.16. The van der Waals surface area contributed by atoms with E-state index >= 15 is 0 Å². The lowest BCUT2D eigenvalue weighted by Gasteiger charge is -2.57. The van der Waals surface area contributed by atoms with Crippen molar-refractivity contribution in [3.8, 4) is 16.9 Å². The van der Waals surface area contributed by atoms with Crippen molar-refractivity contribution in [3.63, 3.8) is 0 Å². The number of nitrogens with zero attached hydrogens (tertiary/aromatic N) is 1. The van der Waals surface area contributed by atoms with E-state index in [4.69, 9.17) is 4.74 Å². The van der Waals surface area contributed by atoms with Crippen LogP contribution in [0.3, 0.4) is 0 Å². The van der Waals surface area contributed by atoms with Gasteiger partial charge in [-0.25, -0.2) is 0 Å². The molecule has 0 saturated carbocycles. The quantitative estimate of drug-likeness (QED) is 0.889. The summed E-state index contributed by atoms with van der Waals surface area (Å²) in [7, 11) is 1.67. The van der Waals surface area contributed by atoms with Crippen LogP contribution in [0.4, 0.5) is 0 Å². The normalized spacial score (nSPS) is 25.3. The van der Waals surface area contributed by atoms with Gasteiger partial charge in [-0.15, -0.1) is 0 Å². The van der Waals surface area contributed by atoms with E-state index in [-0.39, 0.29) is 30.5 Å². The minimum atomic E-state index is -0.109. The van der Waals surface area contributed by atoms with Gasteiger partial charge in [-0.2, -0.15) is 0 Å². The molecule has 0 bridgehead atoms. The van der Waals surface area contributed by atoms with E-state index in [1.807, 2.05) is 23.1 Å². The Kier molecular flexibility index (Phi) is 4.19. The molecule has 2 saturated heterocycles. The van der Waals surface area contributed by atoms with Crippen molar-refractivity contribution in [3.05, 3.63) is 54.1 Å². The monoisotopic (exact) mass is 338 g/mol. The number of aliphatic hydroxyl groups excluding tert-OH is 1. The van der Waals surface area contributed by atoms with Crippen molar-refractivity contribution >= 4 is 5.91 Å². The van der Waals surface area contributed by atoms with Crippen LogP contribution < -0.4 is 10.1 Å². The fraction of sp³-hybridized carbons (Fsp3) is 0.350. The second kappa shape index (κ2) is 6.50. The predicted octanol–water partition coefficient (Wildman–Crippen LogP) is 1.62. The Morgan fingerprint density at radius 2 is 2.00 bits per heavy atom. The van der Waals surface area contributed by atoms with Crippen molar-refractivity contribution in [2.75, 3.05) is 26.8 Å². The van der Waals surface area contributed by atoms with E-state index < -0.39 is 0 Å². The number of aliphatic hydroxyl groups is 1. The molecule has 3 atom stereocenters. The molecular formula is C20H22N2O3. The number of rotatable bonds is 4. The van der Waals surface area contributed by atoms with Gasteiger partial charge in [0, 0.05) is 12.5 Å². The molecule has 0 radical (unpaired) electrons. The number of ether oxygens (including phenoxy) is 1. The highest BCUT2D eigenvalue weighted by Crippen LogP contribution is 2.41. The third kappa shape index (κ3) is 2.69. The lowest BCUT2D eigenvalue weighted by atomic mass is 9.74. The molecule has 2 aliphatic rings. The summed E-state index contributed by atoms with van der Waals surface area (Å²) in [6.07, 6.45) is 0. The molecular weight excluding hydrogens is 316 g/mol. The van der Waals surface area contributed by atoms with Gasteiger partial charge >= 0.3 is 0 Å². The molecule has 0 spiro atoms. The zero-order valence-electron chi connectivity index (χ0n) is 14.2. The molecule has 5 heteroatoms. The molecule has 130 valence electrons. The summed E-state index contributed by atoms with van der Waals surface area (Å²) in [4.78, 5) is 13.9. The summed E-state index contributed by atoms with van der Waals surface area (Å²) in [5.41, 5.74) is 3.40. The molecule has 25 heavy (non-hydrogen) atoms. The van der Waals surface area contributed by atoms with Crippen LogP contribution in [-0.2, 0) is 4.79 Å². The summed E-state index contributed by atoms with van der Waals surface area (Å²) in [6, 6.07) is 16.4. The number of amides is 1. The van der Waals surface area contributed by atoms with E-state index in [0.29, 0.717) is 6.54 Å². The molecule has 5 nitrogen and oxygen atoms in total. The van der Waals surface area contributed by atoms with E-state index in [1.54, 1.807) is 7.11 Å². The zero-order valence-corrected chi connectivity index (χ0v) is 14.2. The Labute approximate surface area is 147 Å². The third-order valence-electron chi connectivity index (χ3n) is 5.35. The molecule has 1 amide bonds. The molecule has 2 N–H and O–H groups in total. The van der Waals surface area contributed by atoms with Gasteiger partial charge in [0.05, 0.1) is 32.3 Å². The van der Waals surface area contributed by atoms with Gasteiger partial charge in [0.2, 0.25) is 5.91 Å². The molecule has 0 unspecified atom stereocenters. The first kappa shape index (κ1) is 16.1. The van der Waals surface area contributed by atoms with Gasteiger partial charge in [0.1, 0.15) is 5.75 Å². The fourth-order valence-electron chi connectivity index (χ4n) is 4.11. The summed E-state index contributed by atoms with van der Waals surface area (Å²) in [5.74, 6) is 1.10. The Morgan fingerprint density at radius 1 is 1.20 bits per heavy atom. The molecule has 2 fully saturated rings. The molecule has 2 aliphatic heterocycles.